The average Bonchev–Trinajstić information content (AvgIpc) is 2.23. The molecular formula is C13H17NO2. The summed E-state index contributed by atoms with van der Waals surface area (Å²) in [5.74, 6) is -0.178. The lowest BCUT2D eigenvalue weighted by Crippen LogP contribution is -2.07. The molecule has 2 N–H and O–H groups in total. The third-order valence-corrected chi connectivity index (χ3v) is 2.28. The topological polar surface area (TPSA) is 43.7 Å². The van der Waals surface area contributed by atoms with Crippen LogP contribution in [0.3, 0.4) is 0 Å². The number of benzene rings is 1. The zero-order chi connectivity index (χ0) is 12.1. The van der Waals surface area contributed by atoms with E-state index in [1.165, 1.54) is 6.07 Å². The fourth-order valence-electron chi connectivity index (χ4n) is 1.18. The monoisotopic (exact) mass is 219 g/mol. The molecule has 0 unspecified atom stereocenters. The van der Waals surface area contributed by atoms with Gasteiger partial charge in [-0.2, -0.15) is 0 Å². The van der Waals surface area contributed by atoms with Crippen molar-refractivity contribution in [1.29, 1.82) is 0 Å². The van der Waals surface area contributed by atoms with Gasteiger partial charge in [0.15, 0.2) is 11.5 Å². The molecule has 0 saturated heterocycles. The van der Waals surface area contributed by atoms with E-state index in [4.69, 9.17) is 5.11 Å². The first kappa shape index (κ1) is 12.2. The molecule has 0 aliphatic heterocycles. The summed E-state index contributed by atoms with van der Waals surface area (Å²) in [5.41, 5.74) is 1.86. The third-order valence-electron chi connectivity index (χ3n) is 2.28. The summed E-state index contributed by atoms with van der Waals surface area (Å²) in [6.07, 6.45) is 4.58. The Balaban J connectivity index is 2.61. The number of phenols is 2. The molecule has 0 spiro atoms. The first-order chi connectivity index (χ1) is 7.50. The molecule has 1 aromatic carbocycles. The van der Waals surface area contributed by atoms with E-state index in [1.807, 2.05) is 31.1 Å². The lowest BCUT2D eigenvalue weighted by molar-refractivity contribution is 0.403. The van der Waals surface area contributed by atoms with Crippen LogP contribution in [0, 0.1) is 0 Å². The fraction of sp³-hybridized carbons (Fsp3) is 0.231. The highest BCUT2D eigenvalue weighted by Gasteiger charge is 1.98. The van der Waals surface area contributed by atoms with Crippen molar-refractivity contribution in [2.45, 2.75) is 6.42 Å². The van der Waals surface area contributed by atoms with Crippen molar-refractivity contribution < 1.29 is 10.2 Å². The summed E-state index contributed by atoms with van der Waals surface area (Å²) in [5, 5.41) is 18.4. The Labute approximate surface area is 96.0 Å². The first-order valence-corrected chi connectivity index (χ1v) is 5.04. The minimum Gasteiger partial charge on any atom is -0.504 e. The summed E-state index contributed by atoms with van der Waals surface area (Å²) < 4.78 is 0. The predicted molar refractivity (Wildman–Crippen MR) is 65.4 cm³/mol. The quantitative estimate of drug-likeness (QED) is 0.603. The third kappa shape index (κ3) is 3.35. The van der Waals surface area contributed by atoms with Crippen LogP contribution in [-0.2, 0) is 6.42 Å². The summed E-state index contributed by atoms with van der Waals surface area (Å²) in [6.45, 7) is 3.87. The molecule has 0 amide bonds. The van der Waals surface area contributed by atoms with E-state index < -0.39 is 0 Å². The number of allylic oxidation sites excluding steroid dienone is 2. The van der Waals surface area contributed by atoms with Crippen molar-refractivity contribution in [2.24, 2.45) is 0 Å². The lowest BCUT2D eigenvalue weighted by atomic mass is 10.1. The zero-order valence-electron chi connectivity index (χ0n) is 9.64. The van der Waals surface area contributed by atoms with Gasteiger partial charge in [-0.1, -0.05) is 18.7 Å². The molecule has 3 heteroatoms. The van der Waals surface area contributed by atoms with Crippen LogP contribution in [0.5, 0.6) is 11.5 Å². The smallest absolute Gasteiger partial charge is 0.157 e. The maximum absolute atomic E-state index is 9.30. The van der Waals surface area contributed by atoms with E-state index in [2.05, 4.69) is 6.58 Å². The van der Waals surface area contributed by atoms with Gasteiger partial charge < -0.3 is 15.1 Å². The Morgan fingerprint density at radius 1 is 1.31 bits per heavy atom. The van der Waals surface area contributed by atoms with Crippen LogP contribution in [0.4, 0.5) is 0 Å². The molecule has 0 aliphatic rings. The minimum atomic E-state index is -0.0922. The molecular weight excluding hydrogens is 202 g/mol. The molecule has 3 nitrogen and oxygen atoms in total. The van der Waals surface area contributed by atoms with Crippen LogP contribution in [-0.4, -0.2) is 29.2 Å². The van der Waals surface area contributed by atoms with Crippen molar-refractivity contribution >= 4 is 0 Å². The molecule has 16 heavy (non-hydrogen) atoms. The van der Waals surface area contributed by atoms with E-state index in [0.717, 1.165) is 11.3 Å². The van der Waals surface area contributed by atoms with Gasteiger partial charge in [-0.3, -0.25) is 0 Å². The molecule has 86 valence electrons. The van der Waals surface area contributed by atoms with Crippen LogP contribution in [0.25, 0.3) is 0 Å². The summed E-state index contributed by atoms with van der Waals surface area (Å²) in [6, 6.07) is 4.81. The second-order valence-corrected chi connectivity index (χ2v) is 3.82. The highest BCUT2D eigenvalue weighted by atomic mass is 16.3. The number of nitrogens with zero attached hydrogens (tertiary/aromatic N) is 1. The van der Waals surface area contributed by atoms with Crippen LogP contribution in [0.15, 0.2) is 42.6 Å². The highest BCUT2D eigenvalue weighted by molar-refractivity contribution is 5.41. The van der Waals surface area contributed by atoms with Crippen molar-refractivity contribution in [1.82, 2.24) is 4.90 Å². The lowest BCUT2D eigenvalue weighted by Gasteiger charge is -2.10. The maximum atomic E-state index is 9.30. The molecule has 1 rings (SSSR count). The van der Waals surface area contributed by atoms with E-state index in [9.17, 15) is 5.11 Å². The molecule has 0 fully saturated rings. The normalized spacial score (nSPS) is 10.6. The number of aromatic hydroxyl groups is 2. The van der Waals surface area contributed by atoms with Gasteiger partial charge in [-0.25, -0.2) is 0 Å². The Kier molecular flexibility index (Phi) is 4.00. The second-order valence-electron chi connectivity index (χ2n) is 3.82. The molecule has 0 radical (unpaired) electrons. The maximum Gasteiger partial charge on any atom is 0.157 e. The van der Waals surface area contributed by atoms with Gasteiger partial charge in [-0.15, -0.1) is 0 Å². The summed E-state index contributed by atoms with van der Waals surface area (Å²) in [7, 11) is 3.86. The minimum absolute atomic E-state index is 0.0858. The molecule has 1 aromatic rings. The number of phenolic OH excluding ortho intramolecular Hbond substituents is 2. The largest absolute Gasteiger partial charge is 0.504 e. The van der Waals surface area contributed by atoms with Crippen LogP contribution in [0.1, 0.15) is 5.56 Å². The number of hydrogen-bond acceptors (Lipinski definition) is 3. The van der Waals surface area contributed by atoms with Crippen LogP contribution in [0.2, 0.25) is 0 Å². The van der Waals surface area contributed by atoms with Crippen molar-refractivity contribution in [3.63, 3.8) is 0 Å². The van der Waals surface area contributed by atoms with Crippen molar-refractivity contribution in [3.8, 4) is 11.5 Å². The standard InChI is InChI=1S/C13H17NO2/c1-10(14(2)3)5-4-6-11-7-8-12(15)13(16)9-11/h4-5,7-9,15-16H,1,6H2,2-3H3/b5-4+. The first-order valence-electron chi connectivity index (χ1n) is 5.04. The van der Waals surface area contributed by atoms with Gasteiger partial charge in [0.1, 0.15) is 0 Å². The summed E-state index contributed by atoms with van der Waals surface area (Å²) >= 11 is 0. The van der Waals surface area contributed by atoms with Gasteiger partial charge in [0.2, 0.25) is 0 Å². The van der Waals surface area contributed by atoms with Gasteiger partial charge in [-0.05, 0) is 30.2 Å². The average molecular weight is 219 g/mol. The molecule has 0 saturated carbocycles. The molecule has 0 bridgehead atoms. The molecule has 0 heterocycles. The van der Waals surface area contributed by atoms with E-state index in [0.29, 0.717) is 6.42 Å². The Bertz CT molecular complexity index is 408. The van der Waals surface area contributed by atoms with E-state index >= 15 is 0 Å². The van der Waals surface area contributed by atoms with E-state index in [-0.39, 0.29) is 11.5 Å². The second kappa shape index (κ2) is 5.26. The Hall–Kier alpha value is -1.90. The van der Waals surface area contributed by atoms with E-state index in [1.54, 1.807) is 12.1 Å². The number of rotatable bonds is 4. The van der Waals surface area contributed by atoms with Gasteiger partial charge in [0, 0.05) is 19.8 Å². The number of hydrogen-bond donors (Lipinski definition) is 2. The highest BCUT2D eigenvalue weighted by Crippen LogP contribution is 2.25. The Morgan fingerprint density at radius 3 is 2.56 bits per heavy atom. The van der Waals surface area contributed by atoms with Gasteiger partial charge in [0.25, 0.3) is 0 Å². The predicted octanol–water partition coefficient (Wildman–Crippen LogP) is 2.27. The Morgan fingerprint density at radius 2 is 2.00 bits per heavy atom. The van der Waals surface area contributed by atoms with Gasteiger partial charge in [0.05, 0.1) is 0 Å². The molecule has 0 aromatic heterocycles. The fourth-order valence-corrected chi connectivity index (χ4v) is 1.18. The zero-order valence-corrected chi connectivity index (χ0v) is 9.64. The van der Waals surface area contributed by atoms with Crippen LogP contribution >= 0.6 is 0 Å². The molecule has 0 atom stereocenters. The number of likely N-dealkylation sites (N-methyl/N-ethyl adjacent to an activating group) is 1. The van der Waals surface area contributed by atoms with Crippen LogP contribution < -0.4 is 0 Å². The van der Waals surface area contributed by atoms with Crippen molar-refractivity contribution in [2.75, 3.05) is 14.1 Å². The van der Waals surface area contributed by atoms with Crippen molar-refractivity contribution in [3.05, 3.63) is 48.2 Å². The SMILES string of the molecule is C=C(/C=C/Cc1ccc(O)c(O)c1)N(C)C. The van der Waals surface area contributed by atoms with Gasteiger partial charge >= 0.3 is 0 Å². The molecule has 0 aliphatic carbocycles. The summed E-state index contributed by atoms with van der Waals surface area (Å²) in [4.78, 5) is 1.92.